The van der Waals surface area contributed by atoms with Gasteiger partial charge in [0.05, 0.1) is 18.1 Å². The number of hydrogen-bond donors (Lipinski definition) is 1. The lowest BCUT2D eigenvalue weighted by atomic mass is 10.1. The number of amides is 1. The summed E-state index contributed by atoms with van der Waals surface area (Å²) in [5, 5.41) is 8.21. The van der Waals surface area contributed by atoms with E-state index in [1.54, 1.807) is 4.68 Å². The molecule has 2 aliphatic rings. The van der Waals surface area contributed by atoms with Crippen LogP contribution in [-0.2, 0) is 18.9 Å². The minimum Gasteiger partial charge on any atom is -0.449 e. The summed E-state index contributed by atoms with van der Waals surface area (Å²) in [5.41, 5.74) is 1.99. The summed E-state index contributed by atoms with van der Waals surface area (Å²) in [6.07, 6.45) is 0.194. The summed E-state index contributed by atoms with van der Waals surface area (Å²) in [7, 11) is 0. The van der Waals surface area contributed by atoms with Crippen molar-refractivity contribution in [2.75, 3.05) is 11.9 Å². The van der Waals surface area contributed by atoms with Gasteiger partial charge in [0, 0.05) is 5.56 Å². The monoisotopic (exact) mass is 453 g/mol. The molecule has 2 fully saturated rings. The maximum atomic E-state index is 12.3. The Morgan fingerprint density at radius 2 is 1.94 bits per heavy atom. The van der Waals surface area contributed by atoms with Gasteiger partial charge in [0.25, 0.3) is 0 Å². The highest BCUT2D eigenvalue weighted by molar-refractivity contribution is 6.03. The molecule has 3 aromatic rings. The van der Waals surface area contributed by atoms with Crippen LogP contribution in [0.3, 0.4) is 0 Å². The zero-order valence-corrected chi connectivity index (χ0v) is 19.0. The normalized spacial score (nSPS) is 25.8. The molecule has 0 spiro atoms. The van der Waals surface area contributed by atoms with Crippen LogP contribution in [0.1, 0.15) is 40.3 Å². The number of fused-ring (bicyclic) bond motifs is 2. The number of nitrogens with zero attached hydrogens (tertiary/aromatic N) is 4. The first-order valence-corrected chi connectivity index (χ1v) is 11.1. The van der Waals surface area contributed by atoms with Gasteiger partial charge in [-0.3, -0.25) is 5.32 Å². The highest BCUT2D eigenvalue weighted by atomic mass is 16.8. The SMILES string of the molecule is CCCOC(=O)Nc1ncnc2c1c(-c1ccccc1)nn2[C@@H]1O[C@H](C)[C@H]2OC(C)(C)O[C@H]21. The van der Waals surface area contributed by atoms with Crippen molar-refractivity contribution < 1.29 is 23.7 Å². The molecule has 1 N–H and O–H groups in total. The second-order valence-corrected chi connectivity index (χ2v) is 8.64. The second-order valence-electron chi connectivity index (χ2n) is 8.64. The van der Waals surface area contributed by atoms with Crippen molar-refractivity contribution in [3.05, 3.63) is 36.7 Å². The maximum absolute atomic E-state index is 12.3. The van der Waals surface area contributed by atoms with Crippen LogP contribution in [0.5, 0.6) is 0 Å². The summed E-state index contributed by atoms with van der Waals surface area (Å²) in [6.45, 7) is 7.97. The van der Waals surface area contributed by atoms with Crippen LogP contribution in [0.25, 0.3) is 22.3 Å². The first-order valence-electron chi connectivity index (χ1n) is 11.1. The van der Waals surface area contributed by atoms with Crippen LogP contribution in [0, 0.1) is 0 Å². The Bertz CT molecular complexity index is 1160. The highest BCUT2D eigenvalue weighted by Gasteiger charge is 2.55. The van der Waals surface area contributed by atoms with Crippen molar-refractivity contribution >= 4 is 22.9 Å². The minimum absolute atomic E-state index is 0.190. The molecule has 5 rings (SSSR count). The van der Waals surface area contributed by atoms with Gasteiger partial charge in [-0.15, -0.1) is 0 Å². The molecule has 0 unspecified atom stereocenters. The lowest BCUT2D eigenvalue weighted by molar-refractivity contribution is -0.195. The van der Waals surface area contributed by atoms with E-state index in [-0.39, 0.29) is 18.3 Å². The first-order chi connectivity index (χ1) is 15.9. The number of nitrogens with one attached hydrogen (secondary N) is 1. The van der Waals surface area contributed by atoms with E-state index in [1.165, 1.54) is 6.33 Å². The number of benzene rings is 1. The quantitative estimate of drug-likeness (QED) is 0.620. The smallest absolute Gasteiger partial charge is 0.412 e. The molecule has 0 aliphatic carbocycles. The molecule has 4 atom stereocenters. The van der Waals surface area contributed by atoms with Gasteiger partial charge < -0.3 is 18.9 Å². The number of carbonyl (C=O) groups excluding carboxylic acids is 1. The van der Waals surface area contributed by atoms with Gasteiger partial charge in [0.2, 0.25) is 0 Å². The average Bonchev–Trinajstić information content (AvgIpc) is 3.43. The van der Waals surface area contributed by atoms with Crippen molar-refractivity contribution in [1.82, 2.24) is 19.7 Å². The van der Waals surface area contributed by atoms with Gasteiger partial charge in [-0.2, -0.15) is 5.10 Å². The number of anilines is 1. The number of aromatic nitrogens is 4. The van der Waals surface area contributed by atoms with Gasteiger partial charge in [0.1, 0.15) is 24.2 Å². The molecular weight excluding hydrogens is 426 g/mol. The standard InChI is InChI=1S/C23H27N5O5/c1-5-11-30-22(29)26-19-15-16(14-9-7-6-8-10-14)27-28(20(15)25-12-24-19)21-18-17(13(2)31-21)32-23(3,4)33-18/h6-10,12-13,17-18,21H,5,11H2,1-4H3,(H,24,25,26,29)/t13-,17-,18-,21-/m1/s1. The molecule has 1 aromatic carbocycles. The van der Waals surface area contributed by atoms with Crippen LogP contribution in [0.15, 0.2) is 36.7 Å². The number of ether oxygens (including phenoxy) is 4. The highest BCUT2D eigenvalue weighted by Crippen LogP contribution is 2.44. The van der Waals surface area contributed by atoms with Crippen molar-refractivity contribution in [3.8, 4) is 11.3 Å². The third-order valence-corrected chi connectivity index (χ3v) is 5.70. The fourth-order valence-corrected chi connectivity index (χ4v) is 4.34. The van der Waals surface area contributed by atoms with E-state index < -0.39 is 18.1 Å². The summed E-state index contributed by atoms with van der Waals surface area (Å²) in [5.74, 6) is -0.403. The van der Waals surface area contributed by atoms with E-state index in [9.17, 15) is 4.79 Å². The molecule has 2 aromatic heterocycles. The predicted molar refractivity (Wildman–Crippen MR) is 119 cm³/mol. The van der Waals surface area contributed by atoms with E-state index in [1.807, 2.05) is 58.0 Å². The van der Waals surface area contributed by atoms with Crippen LogP contribution >= 0.6 is 0 Å². The zero-order valence-electron chi connectivity index (χ0n) is 19.0. The van der Waals surface area contributed by atoms with Gasteiger partial charge in [0.15, 0.2) is 23.5 Å². The fraction of sp³-hybridized carbons (Fsp3) is 0.478. The lowest BCUT2D eigenvalue weighted by Crippen LogP contribution is -2.28. The molecule has 2 saturated heterocycles. The molecule has 174 valence electrons. The molecule has 0 saturated carbocycles. The zero-order chi connectivity index (χ0) is 23.2. The van der Waals surface area contributed by atoms with E-state index in [4.69, 9.17) is 24.0 Å². The first kappa shape index (κ1) is 21.7. The number of carbonyl (C=O) groups is 1. The van der Waals surface area contributed by atoms with Crippen LogP contribution in [-0.4, -0.2) is 56.5 Å². The maximum Gasteiger partial charge on any atom is 0.412 e. The minimum atomic E-state index is -0.721. The Balaban J connectivity index is 1.62. The fourth-order valence-electron chi connectivity index (χ4n) is 4.34. The van der Waals surface area contributed by atoms with Crippen molar-refractivity contribution in [2.45, 2.75) is 64.4 Å². The Morgan fingerprint density at radius 3 is 2.70 bits per heavy atom. The third kappa shape index (κ3) is 3.94. The molecule has 0 bridgehead atoms. The molecular formula is C23H27N5O5. The van der Waals surface area contributed by atoms with Crippen LogP contribution in [0.4, 0.5) is 10.6 Å². The molecule has 10 nitrogen and oxygen atoms in total. The molecule has 4 heterocycles. The van der Waals surface area contributed by atoms with E-state index >= 15 is 0 Å². The molecule has 10 heteroatoms. The predicted octanol–water partition coefficient (Wildman–Crippen LogP) is 3.89. The van der Waals surface area contributed by atoms with Gasteiger partial charge in [-0.1, -0.05) is 37.3 Å². The van der Waals surface area contributed by atoms with Gasteiger partial charge >= 0.3 is 6.09 Å². The van der Waals surface area contributed by atoms with E-state index in [0.29, 0.717) is 29.2 Å². The van der Waals surface area contributed by atoms with Crippen LogP contribution in [0.2, 0.25) is 0 Å². The Labute approximate surface area is 191 Å². The summed E-state index contributed by atoms with van der Waals surface area (Å²) < 4.78 is 25.3. The molecule has 1 amide bonds. The third-order valence-electron chi connectivity index (χ3n) is 5.70. The van der Waals surface area contributed by atoms with Crippen molar-refractivity contribution in [1.29, 1.82) is 0 Å². The topological polar surface area (TPSA) is 110 Å². The largest absolute Gasteiger partial charge is 0.449 e. The number of rotatable bonds is 5. The molecule has 33 heavy (non-hydrogen) atoms. The Kier molecular flexibility index (Phi) is 5.51. The lowest BCUT2D eigenvalue weighted by Gasteiger charge is -2.23. The second kappa shape index (κ2) is 8.36. The molecule has 0 radical (unpaired) electrons. The van der Waals surface area contributed by atoms with Crippen LogP contribution < -0.4 is 5.32 Å². The van der Waals surface area contributed by atoms with Gasteiger partial charge in [-0.05, 0) is 27.2 Å². The summed E-state index contributed by atoms with van der Waals surface area (Å²) >= 11 is 0. The number of hydrogen-bond acceptors (Lipinski definition) is 8. The Morgan fingerprint density at radius 1 is 1.18 bits per heavy atom. The molecule has 2 aliphatic heterocycles. The summed E-state index contributed by atoms with van der Waals surface area (Å²) in [4.78, 5) is 21.1. The summed E-state index contributed by atoms with van der Waals surface area (Å²) in [6, 6.07) is 9.66. The van der Waals surface area contributed by atoms with E-state index in [2.05, 4.69) is 15.3 Å². The Hall–Kier alpha value is -3.08. The average molecular weight is 453 g/mol. The van der Waals surface area contributed by atoms with Gasteiger partial charge in [-0.25, -0.2) is 19.4 Å². The van der Waals surface area contributed by atoms with E-state index in [0.717, 1.165) is 12.0 Å². The van der Waals surface area contributed by atoms with Crippen molar-refractivity contribution in [3.63, 3.8) is 0 Å². The van der Waals surface area contributed by atoms with Crippen molar-refractivity contribution in [2.24, 2.45) is 0 Å².